The highest BCUT2D eigenvalue weighted by atomic mass is 16.5. The van der Waals surface area contributed by atoms with Crippen LogP contribution in [0.4, 0.5) is 0 Å². The van der Waals surface area contributed by atoms with Crippen LogP contribution in [0.2, 0.25) is 0 Å². The molecule has 2 fully saturated rings. The standard InChI is InChI=1S/C11H17N3O5/c1-14(8-5-19-4-6(8)11(17)18)10(16)7-2-13-9(15)3-12-7/h6-8,12H,2-5H2,1H3,(H,13,15)(H,17,18). The normalized spacial score (nSPS) is 30.8. The molecular formula is C11H17N3O5. The maximum absolute atomic E-state index is 12.2. The van der Waals surface area contributed by atoms with Gasteiger partial charge in [-0.05, 0) is 0 Å². The number of amides is 2. The van der Waals surface area contributed by atoms with E-state index in [1.807, 2.05) is 0 Å². The van der Waals surface area contributed by atoms with Gasteiger partial charge >= 0.3 is 5.97 Å². The van der Waals surface area contributed by atoms with Crippen molar-refractivity contribution in [1.29, 1.82) is 0 Å². The van der Waals surface area contributed by atoms with Crippen molar-refractivity contribution in [1.82, 2.24) is 15.5 Å². The van der Waals surface area contributed by atoms with E-state index in [-0.39, 0.29) is 38.1 Å². The second kappa shape index (κ2) is 5.54. The van der Waals surface area contributed by atoms with Gasteiger partial charge in [0.05, 0.1) is 25.8 Å². The number of rotatable bonds is 3. The Kier molecular flexibility index (Phi) is 4.01. The number of carbonyl (C=O) groups excluding carboxylic acids is 2. The van der Waals surface area contributed by atoms with E-state index in [1.165, 1.54) is 4.90 Å². The molecule has 0 spiro atoms. The molecule has 106 valence electrons. The number of hydrogen-bond acceptors (Lipinski definition) is 5. The van der Waals surface area contributed by atoms with Crippen LogP contribution in [0, 0.1) is 5.92 Å². The first-order valence-electron chi connectivity index (χ1n) is 6.08. The molecule has 0 aromatic carbocycles. The van der Waals surface area contributed by atoms with E-state index in [1.54, 1.807) is 7.05 Å². The Morgan fingerprint density at radius 3 is 2.74 bits per heavy atom. The quantitative estimate of drug-likeness (QED) is 0.529. The zero-order chi connectivity index (χ0) is 14.0. The Bertz CT molecular complexity index is 390. The topological polar surface area (TPSA) is 108 Å². The van der Waals surface area contributed by atoms with Gasteiger partial charge in [-0.15, -0.1) is 0 Å². The second-order valence-corrected chi connectivity index (χ2v) is 4.74. The van der Waals surface area contributed by atoms with Gasteiger partial charge in [-0.1, -0.05) is 0 Å². The number of aliphatic carboxylic acids is 1. The third kappa shape index (κ3) is 2.85. The summed E-state index contributed by atoms with van der Waals surface area (Å²) in [5, 5.41) is 14.5. The highest BCUT2D eigenvalue weighted by molar-refractivity contribution is 5.87. The monoisotopic (exact) mass is 271 g/mol. The van der Waals surface area contributed by atoms with Crippen molar-refractivity contribution in [2.75, 3.05) is 33.4 Å². The maximum atomic E-state index is 12.2. The molecule has 2 saturated heterocycles. The number of carbonyl (C=O) groups is 3. The SMILES string of the molecule is CN(C(=O)C1CNC(=O)CN1)C1COCC1C(=O)O. The Labute approximate surface area is 110 Å². The van der Waals surface area contributed by atoms with Crippen molar-refractivity contribution in [3.63, 3.8) is 0 Å². The third-order valence-corrected chi connectivity index (χ3v) is 3.52. The molecule has 0 radical (unpaired) electrons. The Morgan fingerprint density at radius 2 is 2.16 bits per heavy atom. The zero-order valence-corrected chi connectivity index (χ0v) is 10.6. The van der Waals surface area contributed by atoms with E-state index >= 15 is 0 Å². The molecule has 0 aliphatic carbocycles. The van der Waals surface area contributed by atoms with E-state index in [2.05, 4.69) is 10.6 Å². The van der Waals surface area contributed by atoms with Gasteiger partial charge in [-0.2, -0.15) is 0 Å². The molecule has 0 bridgehead atoms. The fourth-order valence-electron chi connectivity index (χ4n) is 2.31. The molecule has 0 aromatic rings. The van der Waals surface area contributed by atoms with Crippen molar-refractivity contribution >= 4 is 17.8 Å². The number of nitrogens with zero attached hydrogens (tertiary/aromatic N) is 1. The lowest BCUT2D eigenvalue weighted by Crippen LogP contribution is -2.60. The molecule has 0 saturated carbocycles. The summed E-state index contributed by atoms with van der Waals surface area (Å²) in [6.07, 6.45) is 0. The highest BCUT2D eigenvalue weighted by Gasteiger charge is 2.40. The van der Waals surface area contributed by atoms with Crippen molar-refractivity contribution in [3.05, 3.63) is 0 Å². The van der Waals surface area contributed by atoms with E-state index in [0.29, 0.717) is 0 Å². The molecule has 0 aromatic heterocycles. The lowest BCUT2D eigenvalue weighted by atomic mass is 10.0. The molecule has 8 heteroatoms. The first-order chi connectivity index (χ1) is 9.00. The number of carboxylic acids is 1. The highest BCUT2D eigenvalue weighted by Crippen LogP contribution is 2.19. The first-order valence-corrected chi connectivity index (χ1v) is 6.08. The smallest absolute Gasteiger partial charge is 0.311 e. The second-order valence-electron chi connectivity index (χ2n) is 4.74. The largest absolute Gasteiger partial charge is 0.481 e. The fraction of sp³-hybridized carbons (Fsp3) is 0.727. The minimum absolute atomic E-state index is 0.0910. The summed E-state index contributed by atoms with van der Waals surface area (Å²) in [6.45, 7) is 0.645. The summed E-state index contributed by atoms with van der Waals surface area (Å²) in [4.78, 5) is 35.7. The van der Waals surface area contributed by atoms with Gasteiger partial charge in [0, 0.05) is 13.6 Å². The van der Waals surface area contributed by atoms with Crippen LogP contribution in [-0.4, -0.2) is 73.2 Å². The summed E-state index contributed by atoms with van der Waals surface area (Å²) in [6, 6.07) is -0.984. The number of piperazine rings is 1. The number of carboxylic acid groups (broad SMARTS) is 1. The van der Waals surface area contributed by atoms with Crippen LogP contribution >= 0.6 is 0 Å². The van der Waals surface area contributed by atoms with Crippen molar-refractivity contribution in [2.45, 2.75) is 12.1 Å². The lowest BCUT2D eigenvalue weighted by Gasteiger charge is -2.32. The van der Waals surface area contributed by atoms with Gasteiger partial charge in [-0.25, -0.2) is 0 Å². The van der Waals surface area contributed by atoms with Crippen molar-refractivity contribution in [3.8, 4) is 0 Å². The minimum atomic E-state index is -0.966. The van der Waals surface area contributed by atoms with Crippen LogP contribution in [0.25, 0.3) is 0 Å². The number of ether oxygens (including phenoxy) is 1. The van der Waals surface area contributed by atoms with Gasteiger partial charge in [0.1, 0.15) is 12.0 Å². The summed E-state index contributed by atoms with van der Waals surface area (Å²) >= 11 is 0. The molecule has 2 heterocycles. The van der Waals surface area contributed by atoms with Gasteiger partial charge in [0.25, 0.3) is 0 Å². The third-order valence-electron chi connectivity index (χ3n) is 3.52. The summed E-state index contributed by atoms with van der Waals surface area (Å²) in [5.74, 6) is -2.06. The van der Waals surface area contributed by atoms with Gasteiger partial charge in [0.2, 0.25) is 11.8 Å². The summed E-state index contributed by atoms with van der Waals surface area (Å²) in [5.41, 5.74) is 0. The van der Waals surface area contributed by atoms with E-state index < -0.39 is 24.0 Å². The molecule has 19 heavy (non-hydrogen) atoms. The minimum Gasteiger partial charge on any atom is -0.481 e. The van der Waals surface area contributed by atoms with Crippen LogP contribution in [0.3, 0.4) is 0 Å². The van der Waals surface area contributed by atoms with E-state index in [9.17, 15) is 14.4 Å². The van der Waals surface area contributed by atoms with Crippen LogP contribution < -0.4 is 10.6 Å². The molecular weight excluding hydrogens is 254 g/mol. The average Bonchev–Trinajstić information content (AvgIpc) is 2.87. The van der Waals surface area contributed by atoms with E-state index in [4.69, 9.17) is 9.84 Å². The summed E-state index contributed by atoms with van der Waals surface area (Å²) < 4.78 is 5.14. The van der Waals surface area contributed by atoms with Gasteiger partial charge in [0.15, 0.2) is 0 Å². The van der Waals surface area contributed by atoms with Crippen LogP contribution in [0.15, 0.2) is 0 Å². The average molecular weight is 271 g/mol. The zero-order valence-electron chi connectivity index (χ0n) is 10.6. The van der Waals surface area contributed by atoms with Crippen LogP contribution in [0.5, 0.6) is 0 Å². The van der Waals surface area contributed by atoms with Crippen LogP contribution in [0.1, 0.15) is 0 Å². The molecule has 3 atom stereocenters. The molecule has 2 aliphatic heterocycles. The van der Waals surface area contributed by atoms with Crippen molar-refractivity contribution in [2.24, 2.45) is 5.92 Å². The molecule has 3 N–H and O–H groups in total. The van der Waals surface area contributed by atoms with Gasteiger partial charge < -0.3 is 20.1 Å². The molecule has 8 nitrogen and oxygen atoms in total. The maximum Gasteiger partial charge on any atom is 0.311 e. The Morgan fingerprint density at radius 1 is 1.42 bits per heavy atom. The predicted octanol–water partition coefficient (Wildman–Crippen LogP) is -2.37. The van der Waals surface area contributed by atoms with Crippen LogP contribution in [-0.2, 0) is 19.1 Å². The Hall–Kier alpha value is -1.67. The summed E-state index contributed by atoms with van der Waals surface area (Å²) in [7, 11) is 1.57. The lowest BCUT2D eigenvalue weighted by molar-refractivity contribution is -0.145. The number of likely N-dealkylation sites (N-methyl/N-ethyl adjacent to an activating group) is 1. The molecule has 2 aliphatic rings. The van der Waals surface area contributed by atoms with Crippen molar-refractivity contribution < 1.29 is 24.2 Å². The number of nitrogens with one attached hydrogen (secondary N) is 2. The number of hydrogen-bond donors (Lipinski definition) is 3. The first kappa shape index (κ1) is 13.8. The fourth-order valence-corrected chi connectivity index (χ4v) is 2.31. The van der Waals surface area contributed by atoms with E-state index in [0.717, 1.165) is 0 Å². The molecule has 2 amide bonds. The predicted molar refractivity (Wildman–Crippen MR) is 63.3 cm³/mol. The van der Waals surface area contributed by atoms with Gasteiger partial charge in [-0.3, -0.25) is 19.7 Å². The Balaban J connectivity index is 1.98. The molecule has 3 unspecified atom stereocenters. The molecule has 2 rings (SSSR count).